The van der Waals surface area contributed by atoms with E-state index >= 15 is 0 Å². The Morgan fingerprint density at radius 3 is 2.53 bits per heavy atom. The number of halogens is 1. The van der Waals surface area contributed by atoms with Gasteiger partial charge < -0.3 is 5.32 Å². The van der Waals surface area contributed by atoms with Crippen LogP contribution < -0.4 is 9.62 Å². The van der Waals surface area contributed by atoms with E-state index < -0.39 is 15.8 Å². The number of benzene rings is 3. The van der Waals surface area contributed by atoms with Crippen LogP contribution in [0.5, 0.6) is 0 Å². The van der Waals surface area contributed by atoms with Crippen molar-refractivity contribution < 1.29 is 13.2 Å². The zero-order valence-electron chi connectivity index (χ0n) is 16.2. The number of anilines is 2. The Hall–Kier alpha value is -3.09. The third-order valence-electron chi connectivity index (χ3n) is 4.81. The molecule has 7 heteroatoms. The lowest BCUT2D eigenvalue weighted by atomic mass is 10.1. The maximum Gasteiger partial charge on any atom is 0.270 e. The Kier molecular flexibility index (Phi) is 5.37. The van der Waals surface area contributed by atoms with Crippen molar-refractivity contribution in [1.82, 2.24) is 0 Å². The summed E-state index contributed by atoms with van der Waals surface area (Å²) in [6, 6.07) is 21.2. The van der Waals surface area contributed by atoms with Gasteiger partial charge in [-0.15, -0.1) is 0 Å². The van der Waals surface area contributed by atoms with Crippen molar-refractivity contribution in [2.45, 2.75) is 13.5 Å². The Morgan fingerprint density at radius 2 is 1.77 bits per heavy atom. The summed E-state index contributed by atoms with van der Waals surface area (Å²) >= 11 is 5.99. The van der Waals surface area contributed by atoms with Crippen LogP contribution in [0.25, 0.3) is 0 Å². The van der Waals surface area contributed by atoms with E-state index in [1.54, 1.807) is 48.5 Å². The van der Waals surface area contributed by atoms with Crippen LogP contribution in [0.4, 0.5) is 11.4 Å². The molecule has 0 saturated carbocycles. The SMILES string of the molecule is Cc1cccc(CN2c3ccccc3C(=O)C(=CNc3cccc(Cl)c3)S2(=O)=O)c1. The summed E-state index contributed by atoms with van der Waals surface area (Å²) in [5, 5.41) is 3.39. The molecule has 0 aliphatic carbocycles. The van der Waals surface area contributed by atoms with Crippen LogP contribution in [-0.2, 0) is 16.6 Å². The first kappa shape index (κ1) is 20.2. The van der Waals surface area contributed by atoms with Gasteiger partial charge in [0, 0.05) is 22.5 Å². The number of para-hydroxylation sites is 1. The molecule has 3 aromatic carbocycles. The van der Waals surface area contributed by atoms with E-state index in [2.05, 4.69) is 5.32 Å². The number of Topliss-reactive ketones (excluding diaryl/α,β-unsaturated/α-hetero) is 1. The number of rotatable bonds is 4. The number of carbonyl (C=O) groups excluding carboxylic acids is 1. The second-order valence-electron chi connectivity index (χ2n) is 7.01. The Labute approximate surface area is 180 Å². The van der Waals surface area contributed by atoms with E-state index in [9.17, 15) is 13.2 Å². The molecule has 1 heterocycles. The molecule has 0 amide bonds. The van der Waals surface area contributed by atoms with Gasteiger partial charge in [0.25, 0.3) is 10.0 Å². The van der Waals surface area contributed by atoms with E-state index in [4.69, 9.17) is 11.6 Å². The van der Waals surface area contributed by atoms with Crippen LogP contribution in [0.15, 0.2) is 83.9 Å². The normalized spacial score (nSPS) is 16.4. The predicted octanol–water partition coefficient (Wildman–Crippen LogP) is 5.13. The Bertz CT molecular complexity index is 1270. The topological polar surface area (TPSA) is 66.5 Å². The molecule has 0 radical (unpaired) electrons. The van der Waals surface area contributed by atoms with Gasteiger partial charge in [0.15, 0.2) is 4.91 Å². The largest absolute Gasteiger partial charge is 0.360 e. The number of hydrogen-bond donors (Lipinski definition) is 1. The zero-order valence-corrected chi connectivity index (χ0v) is 17.7. The van der Waals surface area contributed by atoms with Crippen molar-refractivity contribution in [3.8, 4) is 0 Å². The fourth-order valence-electron chi connectivity index (χ4n) is 3.39. The Morgan fingerprint density at radius 1 is 1.00 bits per heavy atom. The van der Waals surface area contributed by atoms with E-state index in [0.29, 0.717) is 22.0 Å². The molecule has 0 atom stereocenters. The number of allylic oxidation sites excluding steroid dienone is 1. The number of aryl methyl sites for hydroxylation is 1. The number of nitrogens with zero attached hydrogens (tertiary/aromatic N) is 1. The van der Waals surface area contributed by atoms with Crippen molar-refractivity contribution in [3.05, 3.63) is 106 Å². The summed E-state index contributed by atoms with van der Waals surface area (Å²) in [5.74, 6) is -0.541. The summed E-state index contributed by atoms with van der Waals surface area (Å²) in [4.78, 5) is 12.7. The third kappa shape index (κ3) is 3.84. The molecule has 1 aliphatic heterocycles. The predicted molar refractivity (Wildman–Crippen MR) is 120 cm³/mol. The van der Waals surface area contributed by atoms with Crippen molar-refractivity contribution in [3.63, 3.8) is 0 Å². The van der Waals surface area contributed by atoms with Crippen LogP contribution in [0.2, 0.25) is 5.02 Å². The Balaban J connectivity index is 1.79. The molecule has 152 valence electrons. The average molecular weight is 439 g/mol. The van der Waals surface area contributed by atoms with E-state index in [1.165, 1.54) is 10.5 Å². The van der Waals surface area contributed by atoms with Crippen LogP contribution >= 0.6 is 11.6 Å². The maximum atomic E-state index is 13.4. The number of sulfonamides is 1. The van der Waals surface area contributed by atoms with Crippen LogP contribution in [0.3, 0.4) is 0 Å². The summed E-state index contributed by atoms with van der Waals surface area (Å²) in [6.07, 6.45) is 1.24. The molecular weight excluding hydrogens is 420 g/mol. The molecule has 0 bridgehead atoms. The number of ketones is 1. The van der Waals surface area contributed by atoms with Crippen LogP contribution in [0.1, 0.15) is 21.5 Å². The molecule has 1 N–H and O–H groups in total. The van der Waals surface area contributed by atoms with Crippen LogP contribution in [0, 0.1) is 6.92 Å². The number of fused-ring (bicyclic) bond motifs is 1. The van der Waals surface area contributed by atoms with Gasteiger partial charge in [0.1, 0.15) is 0 Å². The van der Waals surface area contributed by atoms with Gasteiger partial charge in [0.05, 0.1) is 12.2 Å². The second-order valence-corrected chi connectivity index (χ2v) is 9.28. The van der Waals surface area contributed by atoms with Crippen molar-refractivity contribution in [1.29, 1.82) is 0 Å². The van der Waals surface area contributed by atoms with Gasteiger partial charge in [-0.2, -0.15) is 0 Å². The lowest BCUT2D eigenvalue weighted by Gasteiger charge is -2.31. The third-order valence-corrected chi connectivity index (χ3v) is 6.81. The molecule has 0 fully saturated rings. The molecule has 0 unspecified atom stereocenters. The highest BCUT2D eigenvalue weighted by atomic mass is 35.5. The average Bonchev–Trinajstić information content (AvgIpc) is 2.71. The summed E-state index contributed by atoms with van der Waals surface area (Å²) < 4.78 is 28.2. The highest BCUT2D eigenvalue weighted by Gasteiger charge is 2.40. The monoisotopic (exact) mass is 438 g/mol. The van der Waals surface area contributed by atoms with Gasteiger partial charge in [0.2, 0.25) is 5.78 Å². The minimum atomic E-state index is -4.07. The molecule has 0 spiro atoms. The van der Waals surface area contributed by atoms with E-state index in [1.807, 2.05) is 31.2 Å². The molecule has 0 aromatic heterocycles. The molecule has 0 saturated heterocycles. The standard InChI is InChI=1S/C23H19ClN2O3S/c1-16-6-4-7-17(12-16)15-26-21-11-3-2-10-20(21)23(27)22(30(26,28)29)14-25-19-9-5-8-18(24)13-19/h2-14,25H,15H2,1H3. The molecule has 4 rings (SSSR count). The summed E-state index contributed by atoms with van der Waals surface area (Å²) in [5.41, 5.74) is 3.18. The number of hydrogen-bond acceptors (Lipinski definition) is 4. The van der Waals surface area contributed by atoms with Gasteiger partial charge in [-0.3, -0.25) is 9.10 Å². The zero-order chi connectivity index (χ0) is 21.3. The van der Waals surface area contributed by atoms with Crippen molar-refractivity contribution >= 4 is 38.8 Å². The molecule has 1 aliphatic rings. The smallest absolute Gasteiger partial charge is 0.270 e. The lowest BCUT2D eigenvalue weighted by molar-refractivity contribution is 0.104. The van der Waals surface area contributed by atoms with Crippen molar-refractivity contribution in [2.75, 3.05) is 9.62 Å². The lowest BCUT2D eigenvalue weighted by Crippen LogP contribution is -2.39. The number of carbonyl (C=O) groups is 1. The maximum absolute atomic E-state index is 13.4. The quantitative estimate of drug-likeness (QED) is 0.573. The van der Waals surface area contributed by atoms with Gasteiger partial charge in [-0.05, 0) is 42.8 Å². The molecular formula is C23H19ClN2O3S. The van der Waals surface area contributed by atoms with E-state index in [-0.39, 0.29) is 11.4 Å². The first-order valence-corrected chi connectivity index (χ1v) is 11.1. The van der Waals surface area contributed by atoms with E-state index in [0.717, 1.165) is 11.1 Å². The highest BCUT2D eigenvalue weighted by molar-refractivity contribution is 7.97. The summed E-state index contributed by atoms with van der Waals surface area (Å²) in [6.45, 7) is 2.08. The second kappa shape index (κ2) is 7.97. The first-order valence-electron chi connectivity index (χ1n) is 9.30. The summed E-state index contributed by atoms with van der Waals surface area (Å²) in [7, 11) is -4.07. The first-order chi connectivity index (χ1) is 14.4. The van der Waals surface area contributed by atoms with Gasteiger partial charge in [-0.1, -0.05) is 59.6 Å². The van der Waals surface area contributed by atoms with Gasteiger partial charge in [-0.25, -0.2) is 8.42 Å². The minimum Gasteiger partial charge on any atom is -0.360 e. The molecule has 3 aromatic rings. The fraction of sp³-hybridized carbons (Fsp3) is 0.0870. The van der Waals surface area contributed by atoms with Crippen LogP contribution in [-0.4, -0.2) is 14.2 Å². The molecule has 5 nitrogen and oxygen atoms in total. The van der Waals surface area contributed by atoms with Gasteiger partial charge >= 0.3 is 0 Å². The fourth-order valence-corrected chi connectivity index (χ4v) is 5.11. The number of nitrogens with one attached hydrogen (secondary N) is 1. The molecule has 30 heavy (non-hydrogen) atoms. The minimum absolute atomic E-state index is 0.128. The van der Waals surface area contributed by atoms with Crippen molar-refractivity contribution in [2.24, 2.45) is 0 Å². The highest BCUT2D eigenvalue weighted by Crippen LogP contribution is 2.36.